The summed E-state index contributed by atoms with van der Waals surface area (Å²) in [4.78, 5) is 2.50. The number of nitrogens with zero attached hydrogens (tertiary/aromatic N) is 3. The van der Waals surface area contributed by atoms with E-state index in [1.807, 2.05) is 36.4 Å². The molecule has 5 rings (SSSR count). The highest BCUT2D eigenvalue weighted by atomic mass is 31.2. The van der Waals surface area contributed by atoms with E-state index in [1.54, 1.807) is 4.78 Å². The molecule has 0 aromatic heterocycles. The average molecular weight is 463 g/mol. The second-order valence-corrected chi connectivity index (χ2v) is 12.7. The highest BCUT2D eigenvalue weighted by molar-refractivity contribution is 7.73. The molecule has 1 saturated heterocycles. The summed E-state index contributed by atoms with van der Waals surface area (Å²) >= 11 is 0. The number of fused-ring (bicyclic) bond motifs is 1. The Balaban J connectivity index is 1.68. The second kappa shape index (κ2) is 8.36. The molecule has 0 amide bonds. The quantitative estimate of drug-likeness (QED) is 0.484. The van der Waals surface area contributed by atoms with Crippen molar-refractivity contribution in [3.63, 3.8) is 0 Å². The van der Waals surface area contributed by atoms with Gasteiger partial charge < -0.3 is 9.99 Å². The Morgan fingerprint density at radius 1 is 0.939 bits per heavy atom. The van der Waals surface area contributed by atoms with Crippen molar-refractivity contribution in [3.05, 3.63) is 70.7 Å². The minimum absolute atomic E-state index is 0.0904. The minimum atomic E-state index is -3.25. The SMILES string of the molecule is Cc1ccc(N[P@]2(=O)C3=C(N4CCCCC4)CC(C)(C)CC3=NN2c2ccccc2)cc1C. The van der Waals surface area contributed by atoms with E-state index >= 15 is 4.57 Å². The van der Waals surface area contributed by atoms with E-state index in [0.717, 1.165) is 48.3 Å². The van der Waals surface area contributed by atoms with Gasteiger partial charge in [-0.3, -0.25) is 4.57 Å². The molecule has 1 N–H and O–H groups in total. The Labute approximate surface area is 198 Å². The van der Waals surface area contributed by atoms with E-state index in [4.69, 9.17) is 5.10 Å². The number of para-hydroxylation sites is 1. The number of benzene rings is 2. The summed E-state index contributed by atoms with van der Waals surface area (Å²) in [6.07, 6.45) is 5.43. The van der Waals surface area contributed by atoms with Crippen LogP contribution in [0, 0.1) is 19.3 Å². The van der Waals surface area contributed by atoms with E-state index in [0.29, 0.717) is 0 Å². The highest BCUT2D eigenvalue weighted by Gasteiger charge is 2.50. The van der Waals surface area contributed by atoms with Crippen LogP contribution in [0.1, 0.15) is 57.1 Å². The summed E-state index contributed by atoms with van der Waals surface area (Å²) in [6.45, 7) is 10.9. The van der Waals surface area contributed by atoms with Crippen LogP contribution < -0.4 is 9.87 Å². The van der Waals surface area contributed by atoms with E-state index in [9.17, 15) is 0 Å². The van der Waals surface area contributed by atoms with E-state index in [2.05, 4.69) is 49.8 Å². The van der Waals surface area contributed by atoms with Crippen molar-refractivity contribution >= 4 is 24.5 Å². The molecule has 6 heteroatoms. The lowest BCUT2D eigenvalue weighted by molar-refractivity contribution is 0.240. The third-order valence-electron chi connectivity index (χ3n) is 7.14. The number of aryl methyl sites for hydroxylation is 2. The Bertz CT molecular complexity index is 1160. The van der Waals surface area contributed by atoms with Crippen LogP contribution in [-0.2, 0) is 4.57 Å². The largest absolute Gasteiger partial charge is 0.374 e. The molecular weight excluding hydrogens is 427 g/mol. The van der Waals surface area contributed by atoms with Gasteiger partial charge >= 0.3 is 7.44 Å². The fraction of sp³-hybridized carbons (Fsp3) is 0.444. The van der Waals surface area contributed by atoms with Gasteiger partial charge in [0.25, 0.3) is 0 Å². The first-order chi connectivity index (χ1) is 15.8. The number of allylic oxidation sites excluding steroid dienone is 2. The lowest BCUT2D eigenvalue weighted by Gasteiger charge is -2.40. The van der Waals surface area contributed by atoms with Crippen LogP contribution in [0.4, 0.5) is 11.4 Å². The maximum Gasteiger partial charge on any atom is 0.313 e. The van der Waals surface area contributed by atoms with Crippen molar-refractivity contribution in [2.75, 3.05) is 23.0 Å². The van der Waals surface area contributed by atoms with Crippen molar-refractivity contribution in [1.82, 2.24) is 4.90 Å². The smallest absolute Gasteiger partial charge is 0.313 e. The molecule has 0 bridgehead atoms. The molecule has 3 aliphatic rings. The van der Waals surface area contributed by atoms with Crippen molar-refractivity contribution in [1.29, 1.82) is 0 Å². The monoisotopic (exact) mass is 462 g/mol. The van der Waals surface area contributed by atoms with Gasteiger partial charge in [0.1, 0.15) is 0 Å². The Kier molecular flexibility index (Phi) is 5.64. The first-order valence-electron chi connectivity index (χ1n) is 12.1. The zero-order chi connectivity index (χ0) is 23.2. The van der Waals surface area contributed by atoms with Crippen LogP contribution >= 0.6 is 7.44 Å². The van der Waals surface area contributed by atoms with Crippen LogP contribution in [-0.4, -0.2) is 23.7 Å². The molecule has 1 atom stereocenters. The fourth-order valence-electron chi connectivity index (χ4n) is 5.30. The van der Waals surface area contributed by atoms with Crippen LogP contribution in [0.25, 0.3) is 0 Å². The van der Waals surface area contributed by atoms with Crippen molar-refractivity contribution in [2.45, 2.75) is 59.8 Å². The summed E-state index contributed by atoms with van der Waals surface area (Å²) in [6, 6.07) is 16.2. The molecule has 1 aliphatic carbocycles. The molecule has 174 valence electrons. The van der Waals surface area contributed by atoms with Gasteiger partial charge in [-0.15, -0.1) is 0 Å². The molecule has 0 saturated carbocycles. The second-order valence-electron chi connectivity index (χ2n) is 10.5. The van der Waals surface area contributed by atoms with Crippen molar-refractivity contribution in [2.24, 2.45) is 10.5 Å². The topological polar surface area (TPSA) is 47.9 Å². The third kappa shape index (κ3) is 4.12. The van der Waals surface area contributed by atoms with E-state index in [-0.39, 0.29) is 5.41 Å². The number of anilines is 2. The predicted octanol–water partition coefficient (Wildman–Crippen LogP) is 7.30. The van der Waals surface area contributed by atoms with Crippen LogP contribution in [0.15, 0.2) is 64.6 Å². The van der Waals surface area contributed by atoms with E-state index in [1.165, 1.54) is 36.1 Å². The standard InChI is InChI=1S/C27H35N4OP/c1-20-13-14-22(17-21(20)2)29-33(32)26-24(28-31(33)23-11-7-5-8-12-23)18-27(3,4)19-25(26)30-15-9-6-10-16-30/h5,7-8,11-14,17H,6,9-10,15-16,18-19H2,1-4H3,(H,29,32)/t33-/m1/s1. The van der Waals surface area contributed by atoms with Crippen molar-refractivity contribution < 1.29 is 4.57 Å². The minimum Gasteiger partial charge on any atom is -0.374 e. The molecule has 2 aromatic rings. The molecule has 2 heterocycles. The molecule has 0 unspecified atom stereocenters. The number of hydrazone groups is 1. The van der Waals surface area contributed by atoms with Gasteiger partial charge in [-0.05, 0) is 86.8 Å². The normalized spacial score (nSPS) is 24.5. The number of hydrogen-bond donors (Lipinski definition) is 1. The number of rotatable bonds is 4. The lowest BCUT2D eigenvalue weighted by Crippen LogP contribution is -2.36. The fourth-order valence-corrected chi connectivity index (χ4v) is 7.93. The van der Waals surface area contributed by atoms with Crippen LogP contribution in [0.5, 0.6) is 0 Å². The maximum atomic E-state index is 15.2. The average Bonchev–Trinajstić information content (AvgIpc) is 3.07. The first kappa shape index (κ1) is 22.3. The van der Waals surface area contributed by atoms with Gasteiger partial charge in [0.15, 0.2) is 0 Å². The summed E-state index contributed by atoms with van der Waals surface area (Å²) in [7, 11) is -3.25. The zero-order valence-electron chi connectivity index (χ0n) is 20.3. The molecule has 2 aromatic carbocycles. The maximum absolute atomic E-state index is 15.2. The molecule has 5 nitrogen and oxygen atoms in total. The molecule has 33 heavy (non-hydrogen) atoms. The van der Waals surface area contributed by atoms with Gasteiger partial charge in [-0.25, -0.2) is 0 Å². The van der Waals surface area contributed by atoms with Crippen molar-refractivity contribution in [3.8, 4) is 0 Å². The number of hydrogen-bond acceptors (Lipinski definition) is 3. The number of piperidine rings is 1. The number of likely N-dealkylation sites (tertiary alicyclic amines) is 1. The summed E-state index contributed by atoms with van der Waals surface area (Å²) < 4.78 is 16.9. The Morgan fingerprint density at radius 2 is 1.67 bits per heavy atom. The highest BCUT2D eigenvalue weighted by Crippen LogP contribution is 2.66. The Morgan fingerprint density at radius 3 is 2.36 bits per heavy atom. The van der Waals surface area contributed by atoms with Crippen LogP contribution in [0.3, 0.4) is 0 Å². The van der Waals surface area contributed by atoms with Gasteiger partial charge in [0.05, 0.1) is 16.7 Å². The van der Waals surface area contributed by atoms with Gasteiger partial charge in [-0.2, -0.15) is 9.88 Å². The molecular formula is C27H35N4OP. The van der Waals surface area contributed by atoms with Gasteiger partial charge in [-0.1, -0.05) is 38.1 Å². The summed E-state index contributed by atoms with van der Waals surface area (Å²) in [5.74, 6) is 0. The third-order valence-corrected chi connectivity index (χ3v) is 9.67. The van der Waals surface area contributed by atoms with Gasteiger partial charge in [0.2, 0.25) is 0 Å². The molecule has 0 spiro atoms. The zero-order valence-corrected chi connectivity index (χ0v) is 21.2. The van der Waals surface area contributed by atoms with E-state index < -0.39 is 7.44 Å². The number of nitrogens with one attached hydrogen (secondary N) is 1. The molecule has 0 radical (unpaired) electrons. The first-order valence-corrected chi connectivity index (χ1v) is 13.8. The molecule has 1 fully saturated rings. The Hall–Kier alpha value is -2.52. The van der Waals surface area contributed by atoms with Gasteiger partial charge in [0, 0.05) is 24.5 Å². The van der Waals surface area contributed by atoms with Crippen LogP contribution in [0.2, 0.25) is 0 Å². The summed E-state index contributed by atoms with van der Waals surface area (Å²) in [5, 5.41) is 9.51. The lowest BCUT2D eigenvalue weighted by atomic mass is 9.78. The predicted molar refractivity (Wildman–Crippen MR) is 139 cm³/mol. The summed E-state index contributed by atoms with van der Waals surface area (Å²) in [5.41, 5.74) is 6.48. The molecule has 2 aliphatic heterocycles.